The van der Waals surface area contributed by atoms with Crippen LogP contribution in [0.5, 0.6) is 0 Å². The Kier molecular flexibility index (Phi) is 1.39. The van der Waals surface area contributed by atoms with Gasteiger partial charge in [0.1, 0.15) is 0 Å². The monoisotopic (exact) mass is 202 g/mol. The molecule has 40 valence electrons. The number of hydrogen-bond acceptors (Lipinski definition) is 0. The molecule has 0 saturated heterocycles. The van der Waals surface area contributed by atoms with Crippen molar-refractivity contribution >= 4 is 31.9 Å². The molecule has 0 heterocycles. The van der Waals surface area contributed by atoms with Crippen LogP contribution in [0.2, 0.25) is 0 Å². The van der Waals surface area contributed by atoms with Gasteiger partial charge in [-0.3, -0.25) is 0 Å². The van der Waals surface area contributed by atoms with Gasteiger partial charge in [-0.25, -0.2) is 0 Å². The predicted octanol–water partition coefficient (Wildman–Crippen LogP) is 2.26. The average molecular weight is 203 g/mol. The molecule has 0 atom stereocenters. The van der Waals surface area contributed by atoms with E-state index in [9.17, 15) is 10.4 Å². The van der Waals surface area contributed by atoms with Crippen molar-refractivity contribution in [2.75, 3.05) is 0 Å². The maximum atomic E-state index is 10.8. The second-order valence-electron chi connectivity index (χ2n) is 0.639. The Labute approximate surface area is 42.7 Å². The molecule has 0 fully saturated rings. The molecule has 0 aliphatic carbocycles. The average Bonchev–Trinajstić information content (AvgIpc) is 0.650. The molecule has 0 aromatic carbocycles. The minimum atomic E-state index is -7.04. The fraction of sp³-hybridized carbons (Fsp3) is 0. The van der Waals surface area contributed by atoms with Crippen LogP contribution in [0.15, 0.2) is 0 Å². The summed E-state index contributed by atoms with van der Waals surface area (Å²) in [7, 11) is 7.46. The Morgan fingerprint density at radius 2 is 1.00 bits per heavy atom. The summed E-state index contributed by atoms with van der Waals surface area (Å²) in [5.41, 5.74) is 0. The van der Waals surface area contributed by atoms with Crippen molar-refractivity contribution in [3.63, 3.8) is 0 Å². The van der Waals surface area contributed by atoms with Crippen molar-refractivity contribution in [3.05, 3.63) is 0 Å². The zero-order valence-corrected chi connectivity index (χ0v) is 5.73. The zero-order chi connectivity index (χ0) is 5.45. The molecule has 0 saturated carbocycles. The Morgan fingerprint density at radius 1 is 1.00 bits per heavy atom. The molecule has 0 bridgehead atoms. The number of hydrogen-bond donors (Lipinski definition) is 0. The minimum absolute atomic E-state index is 3.73. The van der Waals surface area contributed by atoms with E-state index in [4.69, 9.17) is 0 Å². The van der Waals surface area contributed by atoms with Gasteiger partial charge in [0, 0.05) is 0 Å². The first kappa shape index (κ1) is 6.93. The van der Waals surface area contributed by atoms with Gasteiger partial charge >= 0.3 is 42.3 Å². The van der Waals surface area contributed by atoms with Gasteiger partial charge in [0.25, 0.3) is 0 Å². The SMILES string of the molecule is F[As](F)(F)(Cl)Cl. The summed E-state index contributed by atoms with van der Waals surface area (Å²) >= 11 is -7.04. The van der Waals surface area contributed by atoms with Crippen LogP contribution in [0.25, 0.3) is 0 Å². The number of rotatable bonds is 0. The van der Waals surface area contributed by atoms with Crippen molar-refractivity contribution in [1.82, 2.24) is 0 Å². The Hall–Kier alpha value is 0.928. The Bertz CT molecular complexity index is 42.0. The van der Waals surface area contributed by atoms with Crippen molar-refractivity contribution in [3.8, 4) is 0 Å². The van der Waals surface area contributed by atoms with Crippen LogP contribution in [-0.2, 0) is 0 Å². The summed E-state index contributed by atoms with van der Waals surface area (Å²) in [6, 6.07) is 0. The molecule has 0 spiro atoms. The van der Waals surface area contributed by atoms with Crippen molar-refractivity contribution in [1.29, 1.82) is 0 Å². The normalized spacial score (nSPS) is 19.2. The third kappa shape index (κ3) is 88.2. The van der Waals surface area contributed by atoms with Crippen molar-refractivity contribution in [2.24, 2.45) is 0 Å². The summed E-state index contributed by atoms with van der Waals surface area (Å²) < 4.78 is 32.3. The molecule has 0 radical (unpaired) electrons. The van der Waals surface area contributed by atoms with E-state index in [0.717, 1.165) is 0 Å². The fourth-order valence-corrected chi connectivity index (χ4v) is 0. The molecule has 6 heteroatoms. The first-order valence-electron chi connectivity index (χ1n) is 0.845. The fourth-order valence-electron chi connectivity index (χ4n) is 0. The van der Waals surface area contributed by atoms with Gasteiger partial charge in [-0.2, -0.15) is 0 Å². The van der Waals surface area contributed by atoms with E-state index in [2.05, 4.69) is 19.9 Å². The van der Waals surface area contributed by atoms with Crippen LogP contribution in [0.1, 0.15) is 0 Å². The van der Waals surface area contributed by atoms with E-state index in [0.29, 0.717) is 0 Å². The molecule has 6 heavy (non-hydrogen) atoms. The third-order valence-electron chi connectivity index (χ3n) is 0. The Morgan fingerprint density at radius 3 is 1.00 bits per heavy atom. The molecule has 0 N–H and O–H groups in total. The van der Waals surface area contributed by atoms with Crippen LogP contribution < -0.4 is 0 Å². The first-order chi connectivity index (χ1) is 2.24. The van der Waals surface area contributed by atoms with Gasteiger partial charge in [0.2, 0.25) is 0 Å². The van der Waals surface area contributed by atoms with E-state index < -0.39 is 12.0 Å². The quantitative estimate of drug-likeness (QED) is 0.529. The maximum absolute atomic E-state index is 10.8. The van der Waals surface area contributed by atoms with E-state index in [1.54, 1.807) is 0 Å². The van der Waals surface area contributed by atoms with E-state index in [1.165, 1.54) is 0 Å². The molecule has 0 aliphatic rings. The van der Waals surface area contributed by atoms with E-state index in [1.807, 2.05) is 0 Å². The zero-order valence-electron chi connectivity index (χ0n) is 2.34. The Balaban J connectivity index is 3.73. The topological polar surface area (TPSA) is 0 Å². The number of halogens is 5. The first-order valence-corrected chi connectivity index (χ1v) is 7.90. The van der Waals surface area contributed by atoms with Gasteiger partial charge in [0.15, 0.2) is 0 Å². The van der Waals surface area contributed by atoms with Gasteiger partial charge in [-0.15, -0.1) is 0 Å². The third-order valence-corrected chi connectivity index (χ3v) is 0. The van der Waals surface area contributed by atoms with Crippen LogP contribution in [0.3, 0.4) is 0 Å². The molecule has 0 nitrogen and oxygen atoms in total. The second kappa shape index (κ2) is 1.21. The van der Waals surface area contributed by atoms with Crippen LogP contribution in [-0.4, -0.2) is 12.0 Å². The van der Waals surface area contributed by atoms with E-state index >= 15 is 0 Å². The molecule has 0 rings (SSSR count). The van der Waals surface area contributed by atoms with Gasteiger partial charge < -0.3 is 0 Å². The molecular weight excluding hydrogens is 203 g/mol. The summed E-state index contributed by atoms with van der Waals surface area (Å²) in [5.74, 6) is 0. The van der Waals surface area contributed by atoms with Crippen LogP contribution in [0, 0.1) is 0 Å². The predicted molar refractivity (Wildman–Crippen MR) is 20.8 cm³/mol. The standard InChI is InChI=1S/AsCl2F3/c2-1(3,4,5)6. The molecule has 0 aromatic heterocycles. The molecular formula is AsCl2F3. The van der Waals surface area contributed by atoms with Crippen molar-refractivity contribution < 1.29 is 10.4 Å². The molecule has 0 amide bonds. The van der Waals surface area contributed by atoms with Gasteiger partial charge in [0.05, 0.1) is 0 Å². The van der Waals surface area contributed by atoms with Gasteiger partial charge in [-0.1, -0.05) is 0 Å². The molecule has 0 aliphatic heterocycles. The van der Waals surface area contributed by atoms with Gasteiger partial charge in [-0.05, 0) is 0 Å². The molecule has 0 aromatic rings. The summed E-state index contributed by atoms with van der Waals surface area (Å²) in [4.78, 5) is 0. The van der Waals surface area contributed by atoms with Crippen LogP contribution >= 0.6 is 19.9 Å². The second-order valence-corrected chi connectivity index (χ2v) is 9.96. The van der Waals surface area contributed by atoms with Crippen LogP contribution in [0.4, 0.5) is 10.4 Å². The molecule has 0 unspecified atom stereocenters. The summed E-state index contributed by atoms with van der Waals surface area (Å²) in [6.45, 7) is 0. The van der Waals surface area contributed by atoms with Crippen molar-refractivity contribution in [2.45, 2.75) is 0 Å². The summed E-state index contributed by atoms with van der Waals surface area (Å²) in [6.07, 6.45) is 0. The summed E-state index contributed by atoms with van der Waals surface area (Å²) in [5, 5.41) is 0. The van der Waals surface area contributed by atoms with E-state index in [-0.39, 0.29) is 0 Å².